The van der Waals surface area contributed by atoms with Gasteiger partial charge in [-0.2, -0.15) is 0 Å². The van der Waals surface area contributed by atoms with E-state index >= 15 is 0 Å². The number of hydrogen-bond acceptors (Lipinski definition) is 3. The van der Waals surface area contributed by atoms with Crippen molar-refractivity contribution in [3.8, 4) is 17.1 Å². The minimum Gasteiger partial charge on any atom is -0.508 e. The van der Waals surface area contributed by atoms with Crippen LogP contribution in [0.15, 0.2) is 22.7 Å². The summed E-state index contributed by atoms with van der Waals surface area (Å²) in [5.74, 6) is -0.439. The van der Waals surface area contributed by atoms with Crippen LogP contribution in [0, 0.1) is 5.82 Å². The number of rotatable bonds is 2. The summed E-state index contributed by atoms with van der Waals surface area (Å²) in [5.41, 5.74) is 1.12. The van der Waals surface area contributed by atoms with Crippen molar-refractivity contribution in [1.29, 1.82) is 0 Å². The van der Waals surface area contributed by atoms with Crippen molar-refractivity contribution >= 4 is 27.5 Å². The van der Waals surface area contributed by atoms with E-state index in [0.29, 0.717) is 16.5 Å². The van der Waals surface area contributed by atoms with Crippen LogP contribution in [-0.2, 0) is 6.42 Å². The molecule has 0 unspecified atom stereocenters. The summed E-state index contributed by atoms with van der Waals surface area (Å²) in [5, 5.41) is 9.63. The first kappa shape index (κ1) is 13.2. The van der Waals surface area contributed by atoms with Crippen molar-refractivity contribution < 1.29 is 9.50 Å². The van der Waals surface area contributed by atoms with Crippen LogP contribution in [0.2, 0.25) is 5.15 Å². The molecule has 0 fully saturated rings. The molecule has 0 radical (unpaired) electrons. The van der Waals surface area contributed by atoms with Gasteiger partial charge in [-0.25, -0.2) is 14.4 Å². The first-order valence-electron chi connectivity index (χ1n) is 5.23. The SMILES string of the molecule is CCc1nc(-c2cc(O)cc(F)c2)nc(Cl)c1Br. The van der Waals surface area contributed by atoms with Gasteiger partial charge in [0.15, 0.2) is 5.82 Å². The number of aromatic nitrogens is 2. The predicted molar refractivity (Wildman–Crippen MR) is 71.2 cm³/mol. The molecule has 0 saturated carbocycles. The number of aryl methyl sites for hydroxylation is 1. The largest absolute Gasteiger partial charge is 0.508 e. The number of hydrogen-bond donors (Lipinski definition) is 1. The minimum absolute atomic E-state index is 0.175. The smallest absolute Gasteiger partial charge is 0.161 e. The van der Waals surface area contributed by atoms with Gasteiger partial charge in [0.1, 0.15) is 16.7 Å². The van der Waals surface area contributed by atoms with Crippen molar-refractivity contribution in [3.63, 3.8) is 0 Å². The number of phenols is 1. The second-order valence-electron chi connectivity index (χ2n) is 3.65. The maximum Gasteiger partial charge on any atom is 0.161 e. The van der Waals surface area contributed by atoms with Crippen LogP contribution < -0.4 is 0 Å². The summed E-state index contributed by atoms with van der Waals surface area (Å²) >= 11 is 9.27. The topological polar surface area (TPSA) is 46.0 Å². The Labute approximate surface area is 117 Å². The maximum atomic E-state index is 13.2. The van der Waals surface area contributed by atoms with Crippen molar-refractivity contribution in [3.05, 3.63) is 39.3 Å². The molecule has 0 bridgehead atoms. The number of aromatic hydroxyl groups is 1. The molecule has 2 aromatic rings. The predicted octanol–water partition coefficient (Wildman–Crippen LogP) is 3.97. The molecule has 0 spiro atoms. The van der Waals surface area contributed by atoms with E-state index in [1.165, 1.54) is 12.1 Å². The Kier molecular flexibility index (Phi) is 3.82. The number of nitrogens with zero attached hydrogens (tertiary/aromatic N) is 2. The Hall–Kier alpha value is -1.20. The van der Waals surface area contributed by atoms with Crippen molar-refractivity contribution in [1.82, 2.24) is 9.97 Å². The monoisotopic (exact) mass is 330 g/mol. The van der Waals surface area contributed by atoms with E-state index < -0.39 is 5.82 Å². The highest BCUT2D eigenvalue weighted by atomic mass is 79.9. The first-order valence-corrected chi connectivity index (χ1v) is 6.40. The normalized spacial score (nSPS) is 10.7. The summed E-state index contributed by atoms with van der Waals surface area (Å²) in [7, 11) is 0. The summed E-state index contributed by atoms with van der Waals surface area (Å²) in [4.78, 5) is 8.35. The van der Waals surface area contributed by atoms with E-state index in [-0.39, 0.29) is 16.7 Å². The fourth-order valence-corrected chi connectivity index (χ4v) is 2.18. The molecule has 18 heavy (non-hydrogen) atoms. The van der Waals surface area contributed by atoms with E-state index in [9.17, 15) is 9.50 Å². The van der Waals surface area contributed by atoms with Crippen LogP contribution in [-0.4, -0.2) is 15.1 Å². The van der Waals surface area contributed by atoms with Gasteiger partial charge in [-0.3, -0.25) is 0 Å². The zero-order valence-corrected chi connectivity index (χ0v) is 11.8. The lowest BCUT2D eigenvalue weighted by Crippen LogP contribution is -1.97. The van der Waals surface area contributed by atoms with Gasteiger partial charge >= 0.3 is 0 Å². The lowest BCUT2D eigenvalue weighted by molar-refractivity contribution is 0.469. The second-order valence-corrected chi connectivity index (χ2v) is 4.80. The van der Waals surface area contributed by atoms with E-state index in [0.717, 1.165) is 11.8 Å². The van der Waals surface area contributed by atoms with Crippen LogP contribution in [0.4, 0.5) is 4.39 Å². The van der Waals surface area contributed by atoms with Gasteiger partial charge in [-0.15, -0.1) is 0 Å². The Balaban J connectivity index is 2.60. The molecule has 2 rings (SSSR count). The molecule has 1 aromatic carbocycles. The quantitative estimate of drug-likeness (QED) is 0.847. The number of benzene rings is 1. The fourth-order valence-electron chi connectivity index (χ4n) is 1.53. The Morgan fingerprint density at radius 3 is 2.67 bits per heavy atom. The van der Waals surface area contributed by atoms with Gasteiger partial charge < -0.3 is 5.11 Å². The van der Waals surface area contributed by atoms with Crippen LogP contribution in [0.3, 0.4) is 0 Å². The van der Waals surface area contributed by atoms with Crippen LogP contribution >= 0.6 is 27.5 Å². The molecule has 3 nitrogen and oxygen atoms in total. The van der Waals surface area contributed by atoms with Crippen molar-refractivity contribution in [2.45, 2.75) is 13.3 Å². The zero-order valence-electron chi connectivity index (χ0n) is 9.41. The molecule has 0 aliphatic carbocycles. The molecular weight excluding hydrogens is 322 g/mol. The van der Waals surface area contributed by atoms with Gasteiger partial charge in [0.2, 0.25) is 0 Å². The third-order valence-electron chi connectivity index (χ3n) is 2.36. The van der Waals surface area contributed by atoms with Crippen LogP contribution in [0.1, 0.15) is 12.6 Å². The molecule has 0 aliphatic rings. The van der Waals surface area contributed by atoms with Gasteiger partial charge in [-0.1, -0.05) is 18.5 Å². The van der Waals surface area contributed by atoms with Crippen LogP contribution in [0.25, 0.3) is 11.4 Å². The molecule has 6 heteroatoms. The number of phenolic OH excluding ortho intramolecular Hbond substituents is 1. The fraction of sp³-hybridized carbons (Fsp3) is 0.167. The molecule has 0 atom stereocenters. The number of halogens is 3. The highest BCUT2D eigenvalue weighted by Crippen LogP contribution is 2.28. The molecule has 0 saturated heterocycles. The summed E-state index contributed by atoms with van der Waals surface area (Å²) < 4.78 is 13.9. The summed E-state index contributed by atoms with van der Waals surface area (Å²) in [6, 6.07) is 3.66. The first-order chi connectivity index (χ1) is 8.51. The summed E-state index contributed by atoms with van der Waals surface area (Å²) in [6.45, 7) is 1.93. The molecule has 94 valence electrons. The average Bonchev–Trinajstić information content (AvgIpc) is 2.31. The third kappa shape index (κ3) is 2.62. The highest BCUT2D eigenvalue weighted by molar-refractivity contribution is 9.10. The standard InChI is InChI=1S/C12H9BrClFN2O/c1-2-9-10(13)11(14)17-12(16-9)6-3-7(15)5-8(18)4-6/h3-5,18H,2H2,1H3. The molecule has 1 aromatic heterocycles. The Bertz CT molecular complexity index is 587. The van der Waals surface area contributed by atoms with E-state index in [4.69, 9.17) is 11.6 Å². The summed E-state index contributed by atoms with van der Waals surface area (Å²) in [6.07, 6.45) is 0.664. The third-order valence-corrected chi connectivity index (χ3v) is 3.69. The molecular formula is C12H9BrClFN2O. The Morgan fingerprint density at radius 1 is 1.33 bits per heavy atom. The van der Waals surface area contributed by atoms with Crippen molar-refractivity contribution in [2.24, 2.45) is 0 Å². The van der Waals surface area contributed by atoms with E-state index in [1.807, 2.05) is 6.92 Å². The molecule has 0 aliphatic heterocycles. The lowest BCUT2D eigenvalue weighted by atomic mass is 10.2. The molecule has 1 heterocycles. The van der Waals surface area contributed by atoms with Crippen LogP contribution in [0.5, 0.6) is 5.75 Å². The molecule has 0 amide bonds. The van der Waals surface area contributed by atoms with Gasteiger partial charge in [0.25, 0.3) is 0 Å². The van der Waals surface area contributed by atoms with E-state index in [1.54, 1.807) is 0 Å². The van der Waals surface area contributed by atoms with E-state index in [2.05, 4.69) is 25.9 Å². The van der Waals surface area contributed by atoms with Gasteiger partial charge in [0, 0.05) is 11.6 Å². The minimum atomic E-state index is -0.550. The Morgan fingerprint density at radius 2 is 2.06 bits per heavy atom. The van der Waals surface area contributed by atoms with Crippen molar-refractivity contribution in [2.75, 3.05) is 0 Å². The second kappa shape index (κ2) is 5.20. The molecule has 1 N–H and O–H groups in total. The maximum absolute atomic E-state index is 13.2. The van der Waals surface area contributed by atoms with Gasteiger partial charge in [-0.05, 0) is 34.5 Å². The zero-order chi connectivity index (χ0) is 13.3. The average molecular weight is 332 g/mol. The highest BCUT2D eigenvalue weighted by Gasteiger charge is 2.12. The van der Waals surface area contributed by atoms with Gasteiger partial charge in [0.05, 0.1) is 10.2 Å². The lowest BCUT2D eigenvalue weighted by Gasteiger charge is -2.07.